The van der Waals surface area contributed by atoms with Crippen molar-refractivity contribution in [1.82, 2.24) is 9.80 Å². The van der Waals surface area contributed by atoms with E-state index in [0.29, 0.717) is 25.4 Å². The van der Waals surface area contributed by atoms with E-state index < -0.39 is 0 Å². The number of piperazine rings is 1. The average Bonchev–Trinajstić information content (AvgIpc) is 3.13. The highest BCUT2D eigenvalue weighted by Gasteiger charge is 2.48. The highest BCUT2D eigenvalue weighted by molar-refractivity contribution is 7.08. The third-order valence-electron chi connectivity index (χ3n) is 5.02. The molecule has 6 heteroatoms. The van der Waals surface area contributed by atoms with Crippen LogP contribution in [0, 0.1) is 5.92 Å². The van der Waals surface area contributed by atoms with Crippen LogP contribution in [0.15, 0.2) is 16.8 Å². The predicted octanol–water partition coefficient (Wildman–Crippen LogP) is 2.04. The topological polar surface area (TPSA) is 43.9 Å². The lowest BCUT2D eigenvalue weighted by molar-refractivity contribution is -0.131. The maximum Gasteiger partial charge on any atom is 0.241 e. The van der Waals surface area contributed by atoms with Crippen LogP contribution in [0.4, 0.5) is 5.69 Å². The molecule has 126 valence electrons. The van der Waals surface area contributed by atoms with Crippen molar-refractivity contribution in [3.8, 4) is 0 Å². The zero-order valence-corrected chi connectivity index (χ0v) is 14.9. The smallest absolute Gasteiger partial charge is 0.241 e. The number of hydrogen-bond acceptors (Lipinski definition) is 4. The van der Waals surface area contributed by atoms with Crippen LogP contribution in [0.5, 0.6) is 0 Å². The molecule has 2 fully saturated rings. The van der Waals surface area contributed by atoms with Crippen molar-refractivity contribution in [3.63, 3.8) is 0 Å². The largest absolute Gasteiger partial charge is 0.341 e. The summed E-state index contributed by atoms with van der Waals surface area (Å²) in [6.45, 7) is 6.76. The molecule has 2 aliphatic heterocycles. The van der Waals surface area contributed by atoms with Crippen molar-refractivity contribution in [1.29, 1.82) is 0 Å². The van der Waals surface area contributed by atoms with Crippen LogP contribution in [-0.4, -0.2) is 60.4 Å². The Labute approximate surface area is 141 Å². The van der Waals surface area contributed by atoms with Crippen LogP contribution in [0.1, 0.15) is 26.7 Å². The second-order valence-electron chi connectivity index (χ2n) is 7.21. The molecule has 0 N–H and O–H groups in total. The number of carbonyl (C=O) groups excluding carboxylic acids is 2. The van der Waals surface area contributed by atoms with E-state index >= 15 is 0 Å². The lowest BCUT2D eigenvalue weighted by Crippen LogP contribution is -2.64. The van der Waals surface area contributed by atoms with Crippen molar-refractivity contribution < 1.29 is 9.59 Å². The van der Waals surface area contributed by atoms with E-state index in [1.807, 2.05) is 33.7 Å². The Kier molecular flexibility index (Phi) is 4.47. The van der Waals surface area contributed by atoms with Gasteiger partial charge in [0.2, 0.25) is 11.8 Å². The van der Waals surface area contributed by atoms with Gasteiger partial charge in [0.1, 0.15) is 0 Å². The van der Waals surface area contributed by atoms with Gasteiger partial charge in [0.25, 0.3) is 0 Å². The summed E-state index contributed by atoms with van der Waals surface area (Å²) >= 11 is 1.61. The SMILES string of the molecule is CC(C)CC(=O)N1CC[C@@]2(C1)CN(c1ccsc1)C(=O)CN2C. The summed E-state index contributed by atoms with van der Waals surface area (Å²) in [6, 6.07) is 2.00. The second-order valence-corrected chi connectivity index (χ2v) is 7.99. The lowest BCUT2D eigenvalue weighted by atomic mass is 9.93. The molecule has 3 heterocycles. The molecule has 0 unspecified atom stereocenters. The van der Waals surface area contributed by atoms with Gasteiger partial charge in [-0.2, -0.15) is 11.3 Å². The van der Waals surface area contributed by atoms with Gasteiger partial charge in [-0.15, -0.1) is 0 Å². The van der Waals surface area contributed by atoms with Gasteiger partial charge in [0.05, 0.1) is 17.8 Å². The minimum absolute atomic E-state index is 0.109. The number of amides is 2. The first kappa shape index (κ1) is 16.5. The Morgan fingerprint density at radius 2 is 2.17 bits per heavy atom. The first-order chi connectivity index (χ1) is 10.9. The molecule has 1 atom stereocenters. The molecule has 3 rings (SSSR count). The Morgan fingerprint density at radius 3 is 2.83 bits per heavy atom. The number of nitrogens with zero attached hydrogens (tertiary/aromatic N) is 3. The van der Waals surface area contributed by atoms with Crippen LogP contribution in [0.25, 0.3) is 0 Å². The number of carbonyl (C=O) groups is 2. The van der Waals surface area contributed by atoms with Gasteiger partial charge >= 0.3 is 0 Å². The predicted molar refractivity (Wildman–Crippen MR) is 92.7 cm³/mol. The van der Waals surface area contributed by atoms with E-state index in [1.165, 1.54) is 0 Å². The van der Waals surface area contributed by atoms with Gasteiger partial charge in [0, 0.05) is 31.4 Å². The van der Waals surface area contributed by atoms with Gasteiger partial charge < -0.3 is 9.80 Å². The Hall–Kier alpha value is -1.40. The van der Waals surface area contributed by atoms with Crippen molar-refractivity contribution >= 4 is 28.8 Å². The van der Waals surface area contributed by atoms with Crippen molar-refractivity contribution in [2.75, 3.05) is 38.1 Å². The third-order valence-corrected chi connectivity index (χ3v) is 5.69. The normalized spacial score (nSPS) is 25.8. The molecule has 1 spiro atoms. The first-order valence-electron chi connectivity index (χ1n) is 8.23. The van der Waals surface area contributed by atoms with E-state index in [2.05, 4.69) is 18.7 Å². The zero-order chi connectivity index (χ0) is 16.6. The molecule has 5 nitrogen and oxygen atoms in total. The summed E-state index contributed by atoms with van der Waals surface area (Å²) in [6.07, 6.45) is 1.54. The Bertz CT molecular complexity index is 587. The van der Waals surface area contributed by atoms with E-state index in [0.717, 1.165) is 25.2 Å². The van der Waals surface area contributed by atoms with Crippen molar-refractivity contribution in [3.05, 3.63) is 16.8 Å². The Balaban J connectivity index is 1.76. The molecule has 0 bridgehead atoms. The lowest BCUT2D eigenvalue weighted by Gasteiger charge is -2.46. The molecule has 2 aliphatic rings. The average molecular weight is 335 g/mol. The summed E-state index contributed by atoms with van der Waals surface area (Å²) in [4.78, 5) is 30.8. The van der Waals surface area contributed by atoms with Gasteiger partial charge in [-0.1, -0.05) is 13.8 Å². The Morgan fingerprint density at radius 1 is 1.39 bits per heavy atom. The van der Waals surface area contributed by atoms with E-state index in [-0.39, 0.29) is 17.4 Å². The van der Waals surface area contributed by atoms with Crippen LogP contribution < -0.4 is 4.90 Å². The fraction of sp³-hybridized carbons (Fsp3) is 0.647. The standard InChI is InChI=1S/C17H25N3O2S/c1-13(2)8-15(21)19-6-5-17(11-19)12-20(14-4-7-23-10-14)16(22)9-18(17)3/h4,7,10,13H,5-6,8-9,11-12H2,1-3H3/t17-/m1/s1. The summed E-state index contributed by atoms with van der Waals surface area (Å²) in [7, 11) is 2.01. The number of hydrogen-bond donors (Lipinski definition) is 0. The monoisotopic (exact) mass is 335 g/mol. The van der Waals surface area contributed by atoms with E-state index in [4.69, 9.17) is 0 Å². The van der Waals surface area contributed by atoms with Crippen molar-refractivity contribution in [2.45, 2.75) is 32.2 Å². The number of likely N-dealkylation sites (N-methyl/N-ethyl adjacent to an activating group) is 1. The highest BCUT2D eigenvalue weighted by atomic mass is 32.1. The number of thiophene rings is 1. The molecule has 2 saturated heterocycles. The molecular formula is C17H25N3O2S. The molecule has 0 saturated carbocycles. The van der Waals surface area contributed by atoms with E-state index in [9.17, 15) is 9.59 Å². The minimum Gasteiger partial charge on any atom is -0.341 e. The van der Waals surface area contributed by atoms with Crippen LogP contribution in [0.2, 0.25) is 0 Å². The molecular weight excluding hydrogens is 310 g/mol. The summed E-state index contributed by atoms with van der Waals surface area (Å²) in [5, 5.41) is 4.02. The van der Waals surface area contributed by atoms with E-state index in [1.54, 1.807) is 11.3 Å². The molecule has 1 aromatic heterocycles. The highest BCUT2D eigenvalue weighted by Crippen LogP contribution is 2.34. The molecule has 0 aliphatic carbocycles. The summed E-state index contributed by atoms with van der Waals surface area (Å²) in [5.41, 5.74) is 0.877. The van der Waals surface area contributed by atoms with Crippen LogP contribution in [-0.2, 0) is 9.59 Å². The quantitative estimate of drug-likeness (QED) is 0.849. The van der Waals surface area contributed by atoms with Gasteiger partial charge in [0.15, 0.2) is 0 Å². The fourth-order valence-corrected chi connectivity index (χ4v) is 4.24. The second kappa shape index (κ2) is 6.24. The van der Waals surface area contributed by atoms with Crippen LogP contribution >= 0.6 is 11.3 Å². The molecule has 23 heavy (non-hydrogen) atoms. The van der Waals surface area contributed by atoms with Crippen molar-refractivity contribution in [2.24, 2.45) is 5.92 Å². The number of anilines is 1. The minimum atomic E-state index is -0.109. The van der Waals surface area contributed by atoms with Crippen LogP contribution in [0.3, 0.4) is 0 Å². The molecule has 0 aromatic carbocycles. The number of likely N-dealkylation sites (tertiary alicyclic amines) is 1. The van der Waals surface area contributed by atoms with Gasteiger partial charge in [-0.25, -0.2) is 0 Å². The molecule has 1 aromatic rings. The molecule has 0 radical (unpaired) electrons. The maximum atomic E-state index is 12.4. The number of rotatable bonds is 3. The molecule has 2 amide bonds. The third kappa shape index (κ3) is 3.15. The van der Waals surface area contributed by atoms with Gasteiger partial charge in [-0.3, -0.25) is 14.5 Å². The fourth-order valence-electron chi connectivity index (χ4n) is 3.59. The van der Waals surface area contributed by atoms with Gasteiger partial charge in [-0.05, 0) is 30.8 Å². The zero-order valence-electron chi connectivity index (χ0n) is 14.1. The first-order valence-corrected chi connectivity index (χ1v) is 9.17. The summed E-state index contributed by atoms with van der Waals surface area (Å²) < 4.78 is 0. The summed E-state index contributed by atoms with van der Waals surface area (Å²) in [5.74, 6) is 0.764. The maximum absolute atomic E-state index is 12.4.